The number of ketones is 1. The number of benzene rings is 1. The highest BCUT2D eigenvalue weighted by atomic mass is 16.3. The predicted octanol–water partition coefficient (Wildman–Crippen LogP) is 3.06. The lowest BCUT2D eigenvalue weighted by molar-refractivity contribution is 0.101. The van der Waals surface area contributed by atoms with Gasteiger partial charge >= 0.3 is 0 Å². The Bertz CT molecular complexity index is 638. The van der Waals surface area contributed by atoms with Crippen LogP contribution in [0.3, 0.4) is 0 Å². The van der Waals surface area contributed by atoms with E-state index in [1.54, 1.807) is 30.6 Å². The molecule has 0 amide bonds. The molecule has 0 fully saturated rings. The van der Waals surface area contributed by atoms with Crippen LogP contribution in [-0.4, -0.2) is 10.8 Å². The number of rotatable bonds is 2. The summed E-state index contributed by atoms with van der Waals surface area (Å²) in [5.41, 5.74) is 1.31. The highest BCUT2D eigenvalue weighted by molar-refractivity contribution is 6.08. The summed E-state index contributed by atoms with van der Waals surface area (Å²) in [6.07, 6.45) is 3.19. The fourth-order valence-corrected chi connectivity index (χ4v) is 1.74. The average molecular weight is 223 g/mol. The van der Waals surface area contributed by atoms with E-state index >= 15 is 0 Å². The van der Waals surface area contributed by atoms with Gasteiger partial charge in [-0.1, -0.05) is 18.2 Å². The normalized spacial score (nSPS) is 10.6. The number of fused-ring (bicyclic) bond motifs is 1. The molecule has 3 nitrogen and oxygen atoms in total. The number of hydrogen-bond donors (Lipinski definition) is 0. The first kappa shape index (κ1) is 9.78. The van der Waals surface area contributed by atoms with Crippen LogP contribution in [0.5, 0.6) is 0 Å². The van der Waals surface area contributed by atoms with E-state index in [4.69, 9.17) is 4.42 Å². The van der Waals surface area contributed by atoms with Crippen LogP contribution < -0.4 is 0 Å². The third kappa shape index (κ3) is 1.72. The Morgan fingerprint density at radius 1 is 1.06 bits per heavy atom. The van der Waals surface area contributed by atoms with Crippen molar-refractivity contribution in [1.29, 1.82) is 0 Å². The van der Waals surface area contributed by atoms with Gasteiger partial charge in [-0.15, -0.1) is 0 Å². The van der Waals surface area contributed by atoms with Crippen molar-refractivity contribution < 1.29 is 9.21 Å². The molecule has 1 aromatic carbocycles. The van der Waals surface area contributed by atoms with Gasteiger partial charge in [0.15, 0.2) is 5.76 Å². The van der Waals surface area contributed by atoms with Gasteiger partial charge in [-0.25, -0.2) is 0 Å². The van der Waals surface area contributed by atoms with E-state index in [0.29, 0.717) is 11.3 Å². The Morgan fingerprint density at radius 3 is 2.59 bits per heavy atom. The molecule has 0 unspecified atom stereocenters. The van der Waals surface area contributed by atoms with Crippen LogP contribution in [0.15, 0.2) is 59.3 Å². The largest absolute Gasteiger partial charge is 0.453 e. The second-order valence-electron chi connectivity index (χ2n) is 3.71. The van der Waals surface area contributed by atoms with Gasteiger partial charge in [0.25, 0.3) is 0 Å². The summed E-state index contributed by atoms with van der Waals surface area (Å²) in [6.45, 7) is 0. The molecule has 0 bridgehead atoms. The Labute approximate surface area is 97.7 Å². The lowest BCUT2D eigenvalue weighted by Gasteiger charge is -1.94. The molecule has 2 heterocycles. The molecular formula is C14H9NO2. The highest BCUT2D eigenvalue weighted by Crippen LogP contribution is 2.20. The molecular weight excluding hydrogens is 214 g/mol. The van der Waals surface area contributed by atoms with Crippen molar-refractivity contribution in [2.45, 2.75) is 0 Å². The topological polar surface area (TPSA) is 43.1 Å². The first-order valence-corrected chi connectivity index (χ1v) is 5.28. The van der Waals surface area contributed by atoms with E-state index in [1.165, 1.54) is 0 Å². The first-order chi connectivity index (χ1) is 8.34. The SMILES string of the molecule is O=C(c1ccncc1)c1cc2ccccc2o1. The second kappa shape index (κ2) is 3.87. The molecule has 0 aliphatic heterocycles. The number of furan rings is 1. The number of carbonyl (C=O) groups excluding carboxylic acids is 1. The van der Waals surface area contributed by atoms with Crippen molar-refractivity contribution in [3.63, 3.8) is 0 Å². The van der Waals surface area contributed by atoms with Gasteiger partial charge < -0.3 is 4.42 Å². The number of hydrogen-bond acceptors (Lipinski definition) is 3. The third-order valence-electron chi connectivity index (χ3n) is 2.59. The van der Waals surface area contributed by atoms with Crippen molar-refractivity contribution >= 4 is 16.8 Å². The summed E-state index contributed by atoms with van der Waals surface area (Å²) in [7, 11) is 0. The zero-order chi connectivity index (χ0) is 11.7. The molecule has 3 rings (SSSR count). The van der Waals surface area contributed by atoms with Crippen molar-refractivity contribution in [3.05, 3.63) is 66.2 Å². The fraction of sp³-hybridized carbons (Fsp3) is 0. The molecule has 0 saturated heterocycles. The van der Waals surface area contributed by atoms with Crippen LogP contribution >= 0.6 is 0 Å². The molecule has 3 heteroatoms. The molecule has 0 N–H and O–H groups in total. The van der Waals surface area contributed by atoms with Gasteiger partial charge in [0.05, 0.1) is 0 Å². The second-order valence-corrected chi connectivity index (χ2v) is 3.71. The highest BCUT2D eigenvalue weighted by Gasteiger charge is 2.13. The molecule has 0 atom stereocenters. The molecule has 82 valence electrons. The zero-order valence-electron chi connectivity index (χ0n) is 8.96. The van der Waals surface area contributed by atoms with Crippen molar-refractivity contribution in [1.82, 2.24) is 4.98 Å². The van der Waals surface area contributed by atoms with Gasteiger partial charge in [-0.3, -0.25) is 9.78 Å². The van der Waals surface area contributed by atoms with Gasteiger partial charge in [-0.2, -0.15) is 0 Å². The van der Waals surface area contributed by atoms with E-state index in [0.717, 1.165) is 11.0 Å². The molecule has 0 aliphatic carbocycles. The van der Waals surface area contributed by atoms with Crippen LogP contribution in [0.25, 0.3) is 11.0 Å². The minimum atomic E-state index is -0.122. The first-order valence-electron chi connectivity index (χ1n) is 5.28. The van der Waals surface area contributed by atoms with Crippen molar-refractivity contribution in [2.24, 2.45) is 0 Å². The molecule has 0 aliphatic rings. The van der Waals surface area contributed by atoms with E-state index in [2.05, 4.69) is 4.98 Å². The maximum Gasteiger partial charge on any atom is 0.228 e. The molecule has 2 aromatic heterocycles. The number of para-hydroxylation sites is 1. The zero-order valence-corrected chi connectivity index (χ0v) is 8.96. The smallest absolute Gasteiger partial charge is 0.228 e. The Hall–Kier alpha value is -2.42. The van der Waals surface area contributed by atoms with E-state index in [1.807, 2.05) is 24.3 Å². The lowest BCUT2D eigenvalue weighted by Crippen LogP contribution is -1.98. The monoisotopic (exact) mass is 223 g/mol. The maximum absolute atomic E-state index is 12.1. The molecule has 3 aromatic rings. The van der Waals surface area contributed by atoms with Gasteiger partial charge in [0, 0.05) is 23.3 Å². The van der Waals surface area contributed by atoms with Crippen molar-refractivity contribution in [3.8, 4) is 0 Å². The predicted molar refractivity (Wildman–Crippen MR) is 63.9 cm³/mol. The maximum atomic E-state index is 12.1. The third-order valence-corrected chi connectivity index (χ3v) is 2.59. The Morgan fingerprint density at radius 2 is 1.82 bits per heavy atom. The summed E-state index contributed by atoms with van der Waals surface area (Å²) in [6, 6.07) is 12.7. The summed E-state index contributed by atoms with van der Waals surface area (Å²) in [4.78, 5) is 16.0. The number of pyridine rings is 1. The van der Waals surface area contributed by atoms with Crippen LogP contribution in [-0.2, 0) is 0 Å². The Kier molecular flexibility index (Phi) is 2.22. The van der Waals surface area contributed by atoms with Gasteiger partial charge in [0.2, 0.25) is 5.78 Å². The van der Waals surface area contributed by atoms with Crippen LogP contribution in [0.1, 0.15) is 16.1 Å². The molecule has 0 radical (unpaired) electrons. The summed E-state index contributed by atoms with van der Waals surface area (Å²) in [5, 5.41) is 0.935. The average Bonchev–Trinajstić information content (AvgIpc) is 2.82. The summed E-state index contributed by atoms with van der Waals surface area (Å²) in [5.74, 6) is 0.237. The fourth-order valence-electron chi connectivity index (χ4n) is 1.74. The van der Waals surface area contributed by atoms with Gasteiger partial charge in [-0.05, 0) is 24.3 Å². The minimum Gasteiger partial charge on any atom is -0.453 e. The molecule has 17 heavy (non-hydrogen) atoms. The lowest BCUT2D eigenvalue weighted by atomic mass is 10.1. The minimum absolute atomic E-state index is 0.122. The number of carbonyl (C=O) groups is 1. The van der Waals surface area contributed by atoms with E-state index in [9.17, 15) is 4.79 Å². The standard InChI is InChI=1S/C14H9NO2/c16-14(10-5-7-15-8-6-10)13-9-11-3-1-2-4-12(11)17-13/h1-9H. The number of aromatic nitrogens is 1. The van der Waals surface area contributed by atoms with Crippen LogP contribution in [0.4, 0.5) is 0 Å². The van der Waals surface area contributed by atoms with Crippen LogP contribution in [0, 0.1) is 0 Å². The Balaban J connectivity index is 2.07. The summed E-state index contributed by atoms with van der Waals surface area (Å²) >= 11 is 0. The van der Waals surface area contributed by atoms with Gasteiger partial charge in [0.1, 0.15) is 5.58 Å². The molecule has 0 saturated carbocycles. The number of nitrogens with zero attached hydrogens (tertiary/aromatic N) is 1. The van der Waals surface area contributed by atoms with E-state index < -0.39 is 0 Å². The van der Waals surface area contributed by atoms with Crippen LogP contribution in [0.2, 0.25) is 0 Å². The summed E-state index contributed by atoms with van der Waals surface area (Å²) < 4.78 is 5.51. The quantitative estimate of drug-likeness (QED) is 0.627. The van der Waals surface area contributed by atoms with E-state index in [-0.39, 0.29) is 5.78 Å². The van der Waals surface area contributed by atoms with Crippen molar-refractivity contribution in [2.75, 3.05) is 0 Å². The molecule has 0 spiro atoms.